The molecule has 0 amide bonds. The molecule has 3 nitrogen and oxygen atoms in total. The minimum atomic E-state index is -0.452. The monoisotopic (exact) mass is 274 g/mol. The summed E-state index contributed by atoms with van der Waals surface area (Å²) in [5, 5.41) is 0. The van der Waals surface area contributed by atoms with Crippen LogP contribution in [0, 0.1) is 5.82 Å². The zero-order chi connectivity index (χ0) is 14.2. The van der Waals surface area contributed by atoms with Crippen LogP contribution >= 0.6 is 0 Å². The highest BCUT2D eigenvalue weighted by atomic mass is 19.1. The third-order valence-corrected chi connectivity index (χ3v) is 2.66. The Hall–Kier alpha value is -2.36. The Kier molecular flexibility index (Phi) is 5.12. The van der Waals surface area contributed by atoms with Gasteiger partial charge in [-0.15, -0.1) is 0 Å². The molecule has 2 aromatic rings. The summed E-state index contributed by atoms with van der Waals surface area (Å²) in [7, 11) is 0. The predicted molar refractivity (Wildman–Crippen MR) is 73.8 cm³/mol. The van der Waals surface area contributed by atoms with Gasteiger partial charge >= 0.3 is 0 Å². The number of ether oxygens (including phenoxy) is 2. The van der Waals surface area contributed by atoms with E-state index in [1.807, 2.05) is 30.3 Å². The molecule has 0 saturated carbocycles. The molecule has 0 bridgehead atoms. The van der Waals surface area contributed by atoms with Crippen LogP contribution in [0.5, 0.6) is 11.5 Å². The number of carbonyl (C=O) groups is 1. The second kappa shape index (κ2) is 7.28. The minimum absolute atomic E-state index is 0.217. The second-order valence-electron chi connectivity index (χ2n) is 4.16. The summed E-state index contributed by atoms with van der Waals surface area (Å²) in [5.41, 5.74) is 0.217. The molecule has 0 aliphatic heterocycles. The van der Waals surface area contributed by atoms with E-state index < -0.39 is 5.82 Å². The highest BCUT2D eigenvalue weighted by Crippen LogP contribution is 2.18. The Morgan fingerprint density at radius 2 is 1.75 bits per heavy atom. The summed E-state index contributed by atoms with van der Waals surface area (Å²) >= 11 is 0. The van der Waals surface area contributed by atoms with E-state index in [0.29, 0.717) is 31.7 Å². The lowest BCUT2D eigenvalue weighted by Crippen LogP contribution is -2.06. The first-order valence-corrected chi connectivity index (χ1v) is 6.35. The zero-order valence-electron chi connectivity index (χ0n) is 10.9. The molecule has 0 aliphatic rings. The molecule has 0 fully saturated rings. The van der Waals surface area contributed by atoms with Crippen molar-refractivity contribution < 1.29 is 18.7 Å². The van der Waals surface area contributed by atoms with Crippen molar-refractivity contribution in [2.75, 3.05) is 13.2 Å². The van der Waals surface area contributed by atoms with Gasteiger partial charge in [0.25, 0.3) is 0 Å². The van der Waals surface area contributed by atoms with Gasteiger partial charge in [0.1, 0.15) is 17.3 Å². The van der Waals surface area contributed by atoms with E-state index in [2.05, 4.69) is 0 Å². The van der Waals surface area contributed by atoms with E-state index in [1.54, 1.807) is 0 Å². The van der Waals surface area contributed by atoms with Crippen molar-refractivity contribution in [1.29, 1.82) is 0 Å². The molecule has 0 spiro atoms. The van der Waals surface area contributed by atoms with Crippen LogP contribution in [0.2, 0.25) is 0 Å². The summed E-state index contributed by atoms with van der Waals surface area (Å²) in [6.45, 7) is 0.918. The fraction of sp³-hybridized carbons (Fsp3) is 0.188. The van der Waals surface area contributed by atoms with Crippen LogP contribution in [-0.4, -0.2) is 19.5 Å². The molecular weight excluding hydrogens is 259 g/mol. The molecule has 2 rings (SSSR count). The van der Waals surface area contributed by atoms with Crippen molar-refractivity contribution in [3.05, 3.63) is 59.9 Å². The van der Waals surface area contributed by atoms with Crippen molar-refractivity contribution in [2.45, 2.75) is 6.42 Å². The minimum Gasteiger partial charge on any atom is -0.493 e. The average molecular weight is 274 g/mol. The highest BCUT2D eigenvalue weighted by Gasteiger charge is 2.04. The summed E-state index contributed by atoms with van der Waals surface area (Å²) < 4.78 is 23.9. The molecule has 20 heavy (non-hydrogen) atoms. The van der Waals surface area contributed by atoms with E-state index in [4.69, 9.17) is 9.47 Å². The van der Waals surface area contributed by atoms with Crippen LogP contribution in [0.25, 0.3) is 0 Å². The number of hydrogen-bond acceptors (Lipinski definition) is 3. The summed E-state index contributed by atoms with van der Waals surface area (Å²) in [4.78, 5) is 10.8. The van der Waals surface area contributed by atoms with Crippen LogP contribution in [0.3, 0.4) is 0 Å². The van der Waals surface area contributed by atoms with Crippen LogP contribution in [0.4, 0.5) is 4.39 Å². The Balaban J connectivity index is 1.75. The van der Waals surface area contributed by atoms with Gasteiger partial charge in [0.05, 0.1) is 18.8 Å². The zero-order valence-corrected chi connectivity index (χ0v) is 10.9. The van der Waals surface area contributed by atoms with Gasteiger partial charge in [-0.1, -0.05) is 18.2 Å². The van der Waals surface area contributed by atoms with E-state index in [0.717, 1.165) is 11.8 Å². The standard InChI is InChI=1S/C16H15FO3/c17-14-7-8-16(13(11-14)12-18)20-10-4-9-19-15-5-2-1-3-6-15/h1-3,5-8,11-12H,4,9-10H2. The molecule has 0 heterocycles. The molecule has 0 atom stereocenters. The molecule has 0 unspecified atom stereocenters. The van der Waals surface area contributed by atoms with E-state index >= 15 is 0 Å². The summed E-state index contributed by atoms with van der Waals surface area (Å²) in [5.74, 6) is 0.746. The van der Waals surface area contributed by atoms with Crippen LogP contribution in [0.15, 0.2) is 48.5 Å². The first-order chi connectivity index (χ1) is 9.79. The molecular formula is C16H15FO3. The van der Waals surface area contributed by atoms with Gasteiger partial charge in [0, 0.05) is 6.42 Å². The maximum atomic E-state index is 12.9. The van der Waals surface area contributed by atoms with Crippen molar-refractivity contribution in [1.82, 2.24) is 0 Å². The molecule has 0 aromatic heterocycles. The lowest BCUT2D eigenvalue weighted by atomic mass is 10.2. The van der Waals surface area contributed by atoms with Crippen molar-refractivity contribution >= 4 is 6.29 Å². The summed E-state index contributed by atoms with van der Waals surface area (Å²) in [6, 6.07) is 13.4. The van der Waals surface area contributed by atoms with Gasteiger partial charge < -0.3 is 9.47 Å². The quantitative estimate of drug-likeness (QED) is 0.572. The number of aldehydes is 1. The van der Waals surface area contributed by atoms with E-state index in [-0.39, 0.29) is 5.56 Å². The van der Waals surface area contributed by atoms with Crippen molar-refractivity contribution in [3.63, 3.8) is 0 Å². The largest absolute Gasteiger partial charge is 0.493 e. The molecule has 2 aromatic carbocycles. The molecule has 0 aliphatic carbocycles. The van der Waals surface area contributed by atoms with Crippen LogP contribution in [-0.2, 0) is 0 Å². The molecule has 0 saturated heterocycles. The van der Waals surface area contributed by atoms with Gasteiger partial charge in [-0.2, -0.15) is 0 Å². The normalized spacial score (nSPS) is 10.1. The third kappa shape index (κ3) is 4.09. The van der Waals surface area contributed by atoms with Crippen LogP contribution in [0.1, 0.15) is 16.8 Å². The molecule has 0 radical (unpaired) electrons. The Morgan fingerprint density at radius 3 is 2.50 bits per heavy atom. The molecule has 104 valence electrons. The lowest BCUT2D eigenvalue weighted by Gasteiger charge is -2.09. The second-order valence-corrected chi connectivity index (χ2v) is 4.16. The maximum absolute atomic E-state index is 12.9. The first-order valence-electron chi connectivity index (χ1n) is 6.35. The number of benzene rings is 2. The summed E-state index contributed by atoms with van der Waals surface area (Å²) in [6.07, 6.45) is 1.25. The third-order valence-electron chi connectivity index (χ3n) is 2.66. The first kappa shape index (κ1) is 14.1. The number of para-hydroxylation sites is 1. The van der Waals surface area contributed by atoms with Gasteiger partial charge in [0.2, 0.25) is 0 Å². The predicted octanol–water partition coefficient (Wildman–Crippen LogP) is 3.49. The fourth-order valence-electron chi connectivity index (χ4n) is 1.69. The van der Waals surface area contributed by atoms with Gasteiger partial charge in [-0.05, 0) is 30.3 Å². The Bertz CT molecular complexity index is 555. The fourth-order valence-corrected chi connectivity index (χ4v) is 1.69. The molecule has 4 heteroatoms. The number of hydrogen-bond donors (Lipinski definition) is 0. The Morgan fingerprint density at radius 1 is 1.00 bits per heavy atom. The van der Waals surface area contributed by atoms with Crippen LogP contribution < -0.4 is 9.47 Å². The smallest absolute Gasteiger partial charge is 0.153 e. The Labute approximate surface area is 117 Å². The van der Waals surface area contributed by atoms with E-state index in [1.165, 1.54) is 12.1 Å². The van der Waals surface area contributed by atoms with E-state index in [9.17, 15) is 9.18 Å². The lowest BCUT2D eigenvalue weighted by molar-refractivity contribution is 0.111. The maximum Gasteiger partial charge on any atom is 0.153 e. The number of halogens is 1. The van der Waals surface area contributed by atoms with Gasteiger partial charge in [-0.3, -0.25) is 4.79 Å². The van der Waals surface area contributed by atoms with Gasteiger partial charge in [-0.25, -0.2) is 4.39 Å². The highest BCUT2D eigenvalue weighted by molar-refractivity contribution is 5.79. The van der Waals surface area contributed by atoms with Crippen molar-refractivity contribution in [2.24, 2.45) is 0 Å². The number of carbonyl (C=O) groups excluding carboxylic acids is 1. The topological polar surface area (TPSA) is 35.5 Å². The van der Waals surface area contributed by atoms with Gasteiger partial charge in [0.15, 0.2) is 6.29 Å². The number of rotatable bonds is 7. The molecule has 0 N–H and O–H groups in total. The average Bonchev–Trinajstić information content (AvgIpc) is 2.49. The van der Waals surface area contributed by atoms with Crippen molar-refractivity contribution in [3.8, 4) is 11.5 Å². The SMILES string of the molecule is O=Cc1cc(F)ccc1OCCCOc1ccccc1.